The summed E-state index contributed by atoms with van der Waals surface area (Å²) < 4.78 is 5.32. The second kappa shape index (κ2) is 6.04. The number of aromatic hydroxyl groups is 2. The van der Waals surface area contributed by atoms with Crippen molar-refractivity contribution in [3.8, 4) is 17.2 Å². The highest BCUT2D eigenvalue weighted by molar-refractivity contribution is 5.50. The van der Waals surface area contributed by atoms with Crippen molar-refractivity contribution >= 4 is 0 Å². The number of fused-ring (bicyclic) bond motifs is 3. The van der Waals surface area contributed by atoms with Crippen molar-refractivity contribution in [1.82, 2.24) is 0 Å². The summed E-state index contributed by atoms with van der Waals surface area (Å²) in [6.45, 7) is 0. The van der Waals surface area contributed by atoms with Crippen LogP contribution in [0, 0.1) is 5.92 Å². The Morgan fingerprint density at radius 1 is 0.958 bits per heavy atom. The number of phenolic OH excluding ortho intramolecular Hbond substituents is 2. The van der Waals surface area contributed by atoms with Crippen LogP contribution in [0.15, 0.2) is 36.4 Å². The lowest BCUT2D eigenvalue weighted by Crippen LogP contribution is -2.30. The van der Waals surface area contributed by atoms with Crippen LogP contribution in [0.25, 0.3) is 0 Å². The average molecular weight is 324 g/mol. The summed E-state index contributed by atoms with van der Waals surface area (Å²) in [6, 6.07) is 11.7. The van der Waals surface area contributed by atoms with E-state index in [2.05, 4.69) is 12.1 Å². The molecule has 126 valence electrons. The SMILES string of the molecule is COc1cc2c(cc1O)[C@@H]1CCCC[C@@H]1[C@H](c1ccc(O)cc1)C2. The van der Waals surface area contributed by atoms with Crippen molar-refractivity contribution in [2.75, 3.05) is 7.11 Å². The van der Waals surface area contributed by atoms with E-state index < -0.39 is 0 Å². The van der Waals surface area contributed by atoms with Crippen molar-refractivity contribution in [3.63, 3.8) is 0 Å². The minimum absolute atomic E-state index is 0.253. The van der Waals surface area contributed by atoms with E-state index in [1.54, 1.807) is 19.2 Å². The molecule has 24 heavy (non-hydrogen) atoms. The van der Waals surface area contributed by atoms with E-state index in [0.717, 1.165) is 6.42 Å². The number of methoxy groups -OCH3 is 1. The molecule has 0 amide bonds. The maximum Gasteiger partial charge on any atom is 0.160 e. The maximum absolute atomic E-state index is 10.2. The van der Waals surface area contributed by atoms with Gasteiger partial charge in [-0.2, -0.15) is 0 Å². The number of phenols is 2. The van der Waals surface area contributed by atoms with Crippen LogP contribution in [-0.4, -0.2) is 17.3 Å². The molecule has 0 radical (unpaired) electrons. The molecule has 3 heteroatoms. The number of ether oxygens (including phenoxy) is 1. The van der Waals surface area contributed by atoms with Gasteiger partial charge in [-0.15, -0.1) is 0 Å². The third kappa shape index (κ3) is 2.52. The van der Waals surface area contributed by atoms with E-state index >= 15 is 0 Å². The summed E-state index contributed by atoms with van der Waals surface area (Å²) in [5.74, 6) is 2.73. The van der Waals surface area contributed by atoms with Gasteiger partial charge >= 0.3 is 0 Å². The van der Waals surface area contributed by atoms with Crippen molar-refractivity contribution in [2.45, 2.75) is 43.9 Å². The fourth-order valence-corrected chi connectivity index (χ4v) is 4.81. The molecule has 0 heterocycles. The van der Waals surface area contributed by atoms with Crippen molar-refractivity contribution in [1.29, 1.82) is 0 Å². The number of rotatable bonds is 2. The molecular formula is C21H24O3. The molecule has 0 aromatic heterocycles. The fourth-order valence-electron chi connectivity index (χ4n) is 4.81. The minimum atomic E-state index is 0.253. The monoisotopic (exact) mass is 324 g/mol. The predicted octanol–water partition coefficient (Wildman–Crippen LogP) is 4.72. The molecule has 0 bridgehead atoms. The highest BCUT2D eigenvalue weighted by Gasteiger charge is 2.39. The summed E-state index contributed by atoms with van der Waals surface area (Å²) in [5, 5.41) is 19.8. The molecule has 2 aromatic rings. The largest absolute Gasteiger partial charge is 0.508 e. The van der Waals surface area contributed by atoms with E-state index in [1.807, 2.05) is 12.1 Å². The van der Waals surface area contributed by atoms with E-state index in [1.165, 1.54) is 42.4 Å². The van der Waals surface area contributed by atoms with Crippen LogP contribution < -0.4 is 4.74 Å². The van der Waals surface area contributed by atoms with Crippen LogP contribution in [0.2, 0.25) is 0 Å². The van der Waals surface area contributed by atoms with Gasteiger partial charge in [0.05, 0.1) is 7.11 Å². The zero-order valence-electron chi connectivity index (χ0n) is 14.0. The first kappa shape index (κ1) is 15.4. The standard InChI is InChI=1S/C21H24O3/c1-24-21-11-14-10-18(13-6-8-15(22)9-7-13)16-4-2-3-5-17(16)19(14)12-20(21)23/h6-9,11-12,16-18,22-23H,2-5,10H2,1H3/t16-,17+,18-/m0/s1. The second-order valence-corrected chi connectivity index (χ2v) is 7.18. The minimum Gasteiger partial charge on any atom is -0.508 e. The lowest BCUT2D eigenvalue weighted by atomic mass is 9.61. The Balaban J connectivity index is 1.79. The Morgan fingerprint density at radius 3 is 2.46 bits per heavy atom. The molecule has 0 unspecified atom stereocenters. The van der Waals surface area contributed by atoms with Gasteiger partial charge in [0.1, 0.15) is 5.75 Å². The van der Waals surface area contributed by atoms with E-state index in [9.17, 15) is 10.2 Å². The summed E-state index contributed by atoms with van der Waals surface area (Å²) in [5.41, 5.74) is 3.92. The highest BCUT2D eigenvalue weighted by atomic mass is 16.5. The molecular weight excluding hydrogens is 300 g/mol. The third-order valence-corrected chi connectivity index (χ3v) is 5.94. The van der Waals surface area contributed by atoms with E-state index in [0.29, 0.717) is 29.3 Å². The molecule has 0 saturated heterocycles. The zero-order valence-corrected chi connectivity index (χ0v) is 14.0. The molecule has 3 nitrogen and oxygen atoms in total. The Kier molecular flexibility index (Phi) is 3.87. The molecule has 4 rings (SSSR count). The molecule has 0 spiro atoms. The smallest absolute Gasteiger partial charge is 0.160 e. The molecule has 2 aromatic carbocycles. The molecule has 2 aliphatic rings. The fraction of sp³-hybridized carbons (Fsp3) is 0.429. The Morgan fingerprint density at radius 2 is 1.71 bits per heavy atom. The van der Waals surface area contributed by atoms with Gasteiger partial charge in [-0.05, 0) is 78.0 Å². The summed E-state index contributed by atoms with van der Waals surface area (Å²) in [4.78, 5) is 0. The Labute approximate surface area is 142 Å². The Hall–Kier alpha value is -2.16. The van der Waals surface area contributed by atoms with Gasteiger partial charge in [-0.3, -0.25) is 0 Å². The first-order valence-corrected chi connectivity index (χ1v) is 8.86. The summed E-state index contributed by atoms with van der Waals surface area (Å²) in [6.07, 6.45) is 5.95. The first-order valence-electron chi connectivity index (χ1n) is 8.86. The first-order chi connectivity index (χ1) is 11.7. The average Bonchev–Trinajstić information content (AvgIpc) is 2.61. The van der Waals surface area contributed by atoms with Crippen LogP contribution in [0.5, 0.6) is 17.2 Å². The molecule has 0 aliphatic heterocycles. The van der Waals surface area contributed by atoms with Gasteiger partial charge in [0.25, 0.3) is 0 Å². The van der Waals surface area contributed by atoms with Gasteiger partial charge < -0.3 is 14.9 Å². The quantitative estimate of drug-likeness (QED) is 0.840. The number of hydrogen-bond acceptors (Lipinski definition) is 3. The lowest BCUT2D eigenvalue weighted by molar-refractivity contribution is 0.242. The molecule has 1 saturated carbocycles. The van der Waals surface area contributed by atoms with Crippen LogP contribution in [0.3, 0.4) is 0 Å². The molecule has 3 atom stereocenters. The molecule has 2 N–H and O–H groups in total. The topological polar surface area (TPSA) is 49.7 Å². The highest BCUT2D eigenvalue weighted by Crippen LogP contribution is 2.52. The zero-order chi connectivity index (χ0) is 16.7. The second-order valence-electron chi connectivity index (χ2n) is 7.18. The van der Waals surface area contributed by atoms with Gasteiger partial charge in [0.15, 0.2) is 11.5 Å². The molecule has 2 aliphatic carbocycles. The van der Waals surface area contributed by atoms with Crippen LogP contribution in [0.4, 0.5) is 0 Å². The van der Waals surface area contributed by atoms with Gasteiger partial charge in [0, 0.05) is 0 Å². The van der Waals surface area contributed by atoms with Crippen molar-refractivity contribution < 1.29 is 14.9 Å². The van der Waals surface area contributed by atoms with Gasteiger partial charge in [-0.1, -0.05) is 25.0 Å². The van der Waals surface area contributed by atoms with Crippen LogP contribution >= 0.6 is 0 Å². The Bertz CT molecular complexity index is 735. The van der Waals surface area contributed by atoms with E-state index in [4.69, 9.17) is 4.74 Å². The molecule has 1 fully saturated rings. The number of benzene rings is 2. The normalized spacial score (nSPS) is 25.6. The number of hydrogen-bond donors (Lipinski definition) is 2. The van der Waals surface area contributed by atoms with Crippen molar-refractivity contribution in [3.05, 3.63) is 53.1 Å². The summed E-state index contributed by atoms with van der Waals surface area (Å²) >= 11 is 0. The van der Waals surface area contributed by atoms with E-state index in [-0.39, 0.29) is 5.75 Å². The van der Waals surface area contributed by atoms with Crippen LogP contribution in [0.1, 0.15) is 54.2 Å². The lowest BCUT2D eigenvalue weighted by Gasteiger charge is -2.43. The third-order valence-electron chi connectivity index (χ3n) is 5.94. The van der Waals surface area contributed by atoms with Gasteiger partial charge in [-0.25, -0.2) is 0 Å². The predicted molar refractivity (Wildman–Crippen MR) is 93.9 cm³/mol. The van der Waals surface area contributed by atoms with Crippen molar-refractivity contribution in [2.24, 2.45) is 5.92 Å². The van der Waals surface area contributed by atoms with Crippen LogP contribution in [-0.2, 0) is 6.42 Å². The van der Waals surface area contributed by atoms with Gasteiger partial charge in [0.2, 0.25) is 0 Å². The summed E-state index contributed by atoms with van der Waals surface area (Å²) in [7, 11) is 1.60. The maximum atomic E-state index is 10.2.